The number of hydrogen-bond donors (Lipinski definition) is 1. The van der Waals surface area contributed by atoms with Crippen molar-refractivity contribution in [3.05, 3.63) is 39.3 Å². The molecule has 3 heterocycles. The lowest BCUT2D eigenvalue weighted by atomic mass is 10.0. The van der Waals surface area contributed by atoms with Crippen LogP contribution in [0.2, 0.25) is 0 Å². The smallest absolute Gasteiger partial charge is 0.295 e. The Labute approximate surface area is 86.4 Å². The van der Waals surface area contributed by atoms with Crippen molar-refractivity contribution in [3.63, 3.8) is 0 Å². The molecule has 3 rings (SSSR count). The van der Waals surface area contributed by atoms with Gasteiger partial charge in [0.05, 0.1) is 6.54 Å². The third kappa shape index (κ3) is 1.29. The molecule has 0 spiro atoms. The Bertz CT molecular complexity index is 579. The Balaban J connectivity index is 2.50. The maximum Gasteiger partial charge on any atom is 0.295 e. The molecular formula is C11H11N3O. The zero-order valence-corrected chi connectivity index (χ0v) is 8.23. The molecule has 0 aliphatic carbocycles. The Morgan fingerprint density at radius 3 is 3.33 bits per heavy atom. The molecule has 4 nitrogen and oxygen atoms in total. The molecule has 0 amide bonds. The molecule has 15 heavy (non-hydrogen) atoms. The van der Waals surface area contributed by atoms with E-state index in [0.29, 0.717) is 17.9 Å². The zero-order valence-electron chi connectivity index (χ0n) is 8.23. The first kappa shape index (κ1) is 8.73. The minimum Gasteiger partial charge on any atom is -0.308 e. The van der Waals surface area contributed by atoms with E-state index in [2.05, 4.69) is 15.3 Å². The van der Waals surface area contributed by atoms with Gasteiger partial charge in [0.1, 0.15) is 5.36 Å². The van der Waals surface area contributed by atoms with Gasteiger partial charge in [-0.05, 0) is 24.6 Å². The van der Waals surface area contributed by atoms with E-state index < -0.39 is 0 Å². The summed E-state index contributed by atoms with van der Waals surface area (Å²) < 4.78 is 0. The van der Waals surface area contributed by atoms with Crippen LogP contribution in [0, 0.1) is 0 Å². The summed E-state index contributed by atoms with van der Waals surface area (Å²) in [6, 6.07) is 4.09. The molecule has 1 saturated heterocycles. The second-order valence-electron chi connectivity index (χ2n) is 3.83. The Hall–Kier alpha value is -1.55. The zero-order chi connectivity index (χ0) is 10.3. The first-order valence-electron chi connectivity index (χ1n) is 5.12. The van der Waals surface area contributed by atoms with E-state index in [-0.39, 0.29) is 5.56 Å². The van der Waals surface area contributed by atoms with E-state index in [1.807, 2.05) is 12.1 Å². The van der Waals surface area contributed by atoms with Crippen LogP contribution in [-0.2, 0) is 0 Å². The molecule has 4 heteroatoms. The predicted molar refractivity (Wildman–Crippen MR) is 56.0 cm³/mol. The minimum atomic E-state index is -0.215. The summed E-state index contributed by atoms with van der Waals surface area (Å²) in [4.78, 5) is 19.7. The second kappa shape index (κ2) is 3.24. The predicted octanol–water partition coefficient (Wildman–Crippen LogP) is -1.41. The van der Waals surface area contributed by atoms with E-state index in [4.69, 9.17) is 0 Å². The highest BCUT2D eigenvalue weighted by Gasteiger charge is 2.23. The maximum atomic E-state index is 11.6. The average Bonchev–Trinajstić information content (AvgIpc) is 2.64. The van der Waals surface area contributed by atoms with Crippen molar-refractivity contribution >= 4 is 5.57 Å². The highest BCUT2D eigenvalue weighted by atomic mass is 16.1. The molecular weight excluding hydrogens is 190 g/mol. The van der Waals surface area contributed by atoms with Crippen LogP contribution in [0.25, 0.3) is 5.57 Å². The summed E-state index contributed by atoms with van der Waals surface area (Å²) in [7, 11) is 0. The van der Waals surface area contributed by atoms with Gasteiger partial charge in [-0.1, -0.05) is 6.07 Å². The average molecular weight is 201 g/mol. The molecule has 1 aromatic rings. The van der Waals surface area contributed by atoms with Crippen molar-refractivity contribution < 1.29 is 0 Å². The van der Waals surface area contributed by atoms with Crippen molar-refractivity contribution in [2.24, 2.45) is 4.99 Å². The fraction of sp³-hybridized carbons (Fsp3) is 0.364. The van der Waals surface area contributed by atoms with E-state index in [9.17, 15) is 4.79 Å². The van der Waals surface area contributed by atoms with Gasteiger partial charge >= 0.3 is 0 Å². The summed E-state index contributed by atoms with van der Waals surface area (Å²) in [6.07, 6.45) is 2.55. The summed E-state index contributed by atoms with van der Waals surface area (Å²) in [6.45, 7) is 1.65. The van der Waals surface area contributed by atoms with Gasteiger partial charge in [-0.3, -0.25) is 9.79 Å². The molecule has 1 aromatic heterocycles. The number of nitrogens with zero attached hydrogens (tertiary/aromatic N) is 2. The van der Waals surface area contributed by atoms with Gasteiger partial charge in [-0.2, -0.15) is 0 Å². The van der Waals surface area contributed by atoms with Gasteiger partial charge in [0.2, 0.25) is 0 Å². The maximum absolute atomic E-state index is 11.6. The molecule has 1 unspecified atom stereocenters. The van der Waals surface area contributed by atoms with Crippen molar-refractivity contribution in [1.29, 1.82) is 0 Å². The summed E-state index contributed by atoms with van der Waals surface area (Å²) >= 11 is 0. The van der Waals surface area contributed by atoms with Crippen LogP contribution in [-0.4, -0.2) is 24.1 Å². The number of rotatable bonds is 0. The van der Waals surface area contributed by atoms with Crippen molar-refractivity contribution in [1.82, 2.24) is 10.3 Å². The quantitative estimate of drug-likeness (QED) is 0.561. The molecule has 2 aliphatic rings. The van der Waals surface area contributed by atoms with Gasteiger partial charge in [0, 0.05) is 17.5 Å². The number of aromatic nitrogens is 1. The third-order valence-electron chi connectivity index (χ3n) is 2.98. The number of hydrogen-bond acceptors (Lipinski definition) is 4. The van der Waals surface area contributed by atoms with E-state index in [1.54, 1.807) is 0 Å². The lowest BCUT2D eigenvalue weighted by Gasteiger charge is -2.12. The Morgan fingerprint density at radius 1 is 1.47 bits per heavy atom. The van der Waals surface area contributed by atoms with E-state index in [1.165, 1.54) is 11.8 Å². The summed E-state index contributed by atoms with van der Waals surface area (Å²) in [5, 5.41) is 4.90. The second-order valence-corrected chi connectivity index (χ2v) is 3.83. The molecule has 0 radical (unpaired) electrons. The molecule has 1 N–H and O–H groups in total. The monoisotopic (exact) mass is 201 g/mol. The van der Waals surface area contributed by atoms with E-state index in [0.717, 1.165) is 18.2 Å². The van der Waals surface area contributed by atoms with Crippen LogP contribution in [0.4, 0.5) is 0 Å². The van der Waals surface area contributed by atoms with E-state index >= 15 is 0 Å². The van der Waals surface area contributed by atoms with Gasteiger partial charge in [0.15, 0.2) is 0 Å². The standard InChI is InChI=1S/C11H11N3O/c15-11-10-8(2-1-4-13-11)7-3-5-12-9(7)6-14-10/h1-2,4,9,12H,3,5-6H2. The Kier molecular flexibility index (Phi) is 1.89. The Morgan fingerprint density at radius 2 is 2.40 bits per heavy atom. The fourth-order valence-corrected chi connectivity index (χ4v) is 2.28. The summed E-state index contributed by atoms with van der Waals surface area (Å²) in [5.74, 6) is 0. The molecule has 0 bridgehead atoms. The topological polar surface area (TPSA) is 54.4 Å². The van der Waals surface area contributed by atoms with Gasteiger partial charge in [0.25, 0.3) is 5.56 Å². The number of nitrogens with one attached hydrogen (secondary N) is 1. The molecule has 2 aliphatic heterocycles. The fourth-order valence-electron chi connectivity index (χ4n) is 2.28. The van der Waals surface area contributed by atoms with Crippen molar-refractivity contribution in [3.8, 4) is 0 Å². The van der Waals surface area contributed by atoms with Crippen LogP contribution in [0.1, 0.15) is 6.42 Å². The lowest BCUT2D eigenvalue weighted by Crippen LogP contribution is -2.45. The lowest BCUT2D eigenvalue weighted by molar-refractivity contribution is 0.675. The van der Waals surface area contributed by atoms with Crippen molar-refractivity contribution in [2.75, 3.05) is 13.1 Å². The van der Waals surface area contributed by atoms with Gasteiger partial charge in [-0.25, -0.2) is 4.98 Å². The third-order valence-corrected chi connectivity index (χ3v) is 2.98. The highest BCUT2D eigenvalue weighted by Crippen LogP contribution is 2.14. The molecule has 76 valence electrons. The molecule has 0 saturated carbocycles. The molecule has 1 atom stereocenters. The van der Waals surface area contributed by atoms with Gasteiger partial charge < -0.3 is 5.32 Å². The normalized spacial score (nSPS) is 22.9. The van der Waals surface area contributed by atoms with Crippen molar-refractivity contribution in [2.45, 2.75) is 12.5 Å². The minimum absolute atomic E-state index is 0.215. The summed E-state index contributed by atoms with van der Waals surface area (Å²) in [5.41, 5.74) is 1.10. The van der Waals surface area contributed by atoms with Crippen LogP contribution in [0.15, 0.2) is 28.1 Å². The first-order chi connectivity index (χ1) is 7.36. The molecule has 0 aromatic carbocycles. The molecule has 1 fully saturated rings. The highest BCUT2D eigenvalue weighted by molar-refractivity contribution is 5.54. The SMILES string of the molecule is O=c1ncccc2c1=NCC1NCCC=21. The van der Waals surface area contributed by atoms with Crippen LogP contribution < -0.4 is 21.5 Å². The number of fused-ring (bicyclic) bond motifs is 2. The largest absolute Gasteiger partial charge is 0.308 e. The first-order valence-corrected chi connectivity index (χ1v) is 5.12. The van der Waals surface area contributed by atoms with Crippen LogP contribution >= 0.6 is 0 Å². The van der Waals surface area contributed by atoms with Gasteiger partial charge in [-0.15, -0.1) is 0 Å². The van der Waals surface area contributed by atoms with Crippen LogP contribution in [0.3, 0.4) is 0 Å². The van der Waals surface area contributed by atoms with Crippen LogP contribution in [0.5, 0.6) is 0 Å².